The van der Waals surface area contributed by atoms with Crippen LogP contribution in [0.4, 0.5) is 17.6 Å². The molecule has 0 saturated heterocycles. The number of hydrogen-bond donors (Lipinski definition) is 0. The molecule has 0 amide bonds. The fourth-order valence-electron chi connectivity index (χ4n) is 6.10. The van der Waals surface area contributed by atoms with Crippen LogP contribution >= 0.6 is 0 Å². The number of fused-ring (bicyclic) bond motifs is 2. The zero-order chi connectivity index (χ0) is 35.1. The molecule has 50 heavy (non-hydrogen) atoms. The molecule has 0 saturated carbocycles. The van der Waals surface area contributed by atoms with E-state index in [-0.39, 0.29) is 60.8 Å². The maximum atomic E-state index is 16.0. The molecule has 7 aromatic rings. The van der Waals surface area contributed by atoms with Crippen LogP contribution < -0.4 is 10.4 Å². The van der Waals surface area contributed by atoms with E-state index in [1.807, 2.05) is 24.3 Å². The van der Waals surface area contributed by atoms with Crippen LogP contribution in [0.1, 0.15) is 0 Å². The van der Waals surface area contributed by atoms with Gasteiger partial charge in [0.15, 0.2) is 0 Å². The Labute approximate surface area is 279 Å². The van der Waals surface area contributed by atoms with E-state index in [9.17, 15) is 29.8 Å². The lowest BCUT2D eigenvalue weighted by Crippen LogP contribution is -2.15. The summed E-state index contributed by atoms with van der Waals surface area (Å²) >= 11 is 0. The van der Waals surface area contributed by atoms with Crippen molar-refractivity contribution in [1.82, 2.24) is 23.8 Å². The standard InChI is InChI=1S/C37H15F4N9/c38-23-1-3-25(29(40)11-23)34-36-32(21(13-42)14-43)27(20-5-7-46-8-6-20)18-49(36)35(26-4-2-24(39)12-30(26)41)37-33(22(15-44)16-45)28(19-50(34)37)31-17-47-9-10-48-31/h1-12,17-19H. The topological polar surface area (TPSA) is 143 Å². The molecule has 13 heteroatoms. The lowest BCUT2D eigenvalue weighted by Gasteiger charge is -2.17. The minimum Gasteiger partial charge on any atom is -0.311 e. The third kappa shape index (κ3) is 4.79. The Morgan fingerprint density at radius 2 is 1.06 bits per heavy atom. The molecule has 236 valence electrons. The molecule has 0 unspecified atom stereocenters. The van der Waals surface area contributed by atoms with Crippen LogP contribution in [-0.2, 0) is 0 Å². The minimum atomic E-state index is -1.04. The highest BCUT2D eigenvalue weighted by molar-refractivity contribution is 5.98. The predicted molar refractivity (Wildman–Crippen MR) is 172 cm³/mol. The van der Waals surface area contributed by atoms with E-state index in [1.165, 1.54) is 52.2 Å². The fourth-order valence-corrected chi connectivity index (χ4v) is 6.10. The molecular formula is C37H15F4N9. The average Bonchev–Trinajstić information content (AvgIpc) is 3.70. The number of rotatable bonds is 4. The summed E-state index contributed by atoms with van der Waals surface area (Å²) in [7, 11) is 0. The van der Waals surface area contributed by atoms with Gasteiger partial charge in [0.1, 0.15) is 58.7 Å². The van der Waals surface area contributed by atoms with Gasteiger partial charge >= 0.3 is 0 Å². The van der Waals surface area contributed by atoms with Gasteiger partial charge in [0.05, 0.1) is 34.3 Å². The molecule has 0 spiro atoms. The van der Waals surface area contributed by atoms with Crippen LogP contribution in [0.5, 0.6) is 0 Å². The van der Waals surface area contributed by atoms with Gasteiger partial charge in [-0.1, -0.05) is 0 Å². The highest BCUT2D eigenvalue weighted by Gasteiger charge is 2.28. The van der Waals surface area contributed by atoms with Gasteiger partial charge in [-0.15, -0.1) is 0 Å². The Morgan fingerprint density at radius 1 is 0.560 bits per heavy atom. The number of aromatic nitrogens is 5. The highest BCUT2D eigenvalue weighted by Crippen LogP contribution is 2.38. The van der Waals surface area contributed by atoms with Crippen LogP contribution in [-0.4, -0.2) is 23.8 Å². The molecule has 0 aliphatic rings. The lowest BCUT2D eigenvalue weighted by molar-refractivity contribution is 0.584. The molecule has 0 fully saturated rings. The number of halogens is 4. The van der Waals surface area contributed by atoms with Gasteiger partial charge in [0.2, 0.25) is 0 Å². The van der Waals surface area contributed by atoms with E-state index in [2.05, 4.69) is 15.0 Å². The summed E-state index contributed by atoms with van der Waals surface area (Å²) in [6.07, 6.45) is 9.97. The zero-order valence-electron chi connectivity index (χ0n) is 25.2. The predicted octanol–water partition coefficient (Wildman–Crippen LogP) is 6.00. The van der Waals surface area contributed by atoms with Crippen molar-refractivity contribution < 1.29 is 17.6 Å². The highest BCUT2D eigenvalue weighted by atomic mass is 19.1. The summed E-state index contributed by atoms with van der Waals surface area (Å²) in [5.41, 5.74) is -0.379. The van der Waals surface area contributed by atoms with E-state index < -0.39 is 34.4 Å². The summed E-state index contributed by atoms with van der Waals surface area (Å²) in [5.74, 6) is -3.86. The molecule has 7 rings (SSSR count). The molecular weight excluding hydrogens is 646 g/mol. The maximum absolute atomic E-state index is 16.0. The van der Waals surface area contributed by atoms with Gasteiger partial charge in [0.25, 0.3) is 0 Å². The van der Waals surface area contributed by atoms with E-state index in [0.29, 0.717) is 17.7 Å². The quantitative estimate of drug-likeness (QED) is 0.211. The van der Waals surface area contributed by atoms with Gasteiger partial charge in [-0.2, -0.15) is 21.0 Å². The molecule has 0 atom stereocenters. The Kier molecular flexibility index (Phi) is 7.57. The third-order valence-electron chi connectivity index (χ3n) is 8.09. The van der Waals surface area contributed by atoms with Gasteiger partial charge in [-0.25, -0.2) is 17.6 Å². The van der Waals surface area contributed by atoms with E-state index in [1.54, 1.807) is 12.1 Å². The normalized spacial score (nSPS) is 10.7. The number of pyridine rings is 1. The number of nitriles is 4. The first kappa shape index (κ1) is 31.0. The average molecular weight is 662 g/mol. The van der Waals surface area contributed by atoms with Crippen molar-refractivity contribution in [3.63, 3.8) is 0 Å². The monoisotopic (exact) mass is 661 g/mol. The molecule has 2 aromatic carbocycles. The van der Waals surface area contributed by atoms with Crippen molar-refractivity contribution in [3.8, 4) is 69.2 Å². The smallest absolute Gasteiger partial charge is 0.139 e. The maximum Gasteiger partial charge on any atom is 0.139 e. The van der Waals surface area contributed by atoms with Gasteiger partial charge in [-0.3, -0.25) is 15.0 Å². The van der Waals surface area contributed by atoms with Crippen LogP contribution in [0.15, 0.2) is 91.9 Å². The summed E-state index contributed by atoms with van der Waals surface area (Å²) in [6, 6.07) is 16.4. The van der Waals surface area contributed by atoms with Gasteiger partial charge in [-0.05, 0) is 42.0 Å². The molecule has 0 radical (unpaired) electrons. The third-order valence-corrected chi connectivity index (χ3v) is 8.09. The summed E-state index contributed by atoms with van der Waals surface area (Å²) < 4.78 is 63.6. The van der Waals surface area contributed by atoms with Crippen LogP contribution in [0.2, 0.25) is 0 Å². The van der Waals surface area contributed by atoms with Gasteiger partial charge < -0.3 is 8.80 Å². The zero-order valence-corrected chi connectivity index (χ0v) is 25.2. The second-order valence-electron chi connectivity index (χ2n) is 10.7. The van der Waals surface area contributed by atoms with Crippen molar-refractivity contribution in [2.75, 3.05) is 0 Å². The van der Waals surface area contributed by atoms with Crippen LogP contribution in [0.3, 0.4) is 0 Å². The Balaban J connectivity index is 1.93. The summed E-state index contributed by atoms with van der Waals surface area (Å²) in [4.78, 5) is 12.5. The number of hydrogen-bond acceptors (Lipinski definition) is 7. The van der Waals surface area contributed by atoms with E-state index >= 15 is 8.78 Å². The first-order chi connectivity index (χ1) is 24.3. The van der Waals surface area contributed by atoms with Crippen LogP contribution in [0.25, 0.3) is 67.1 Å². The molecule has 0 bridgehead atoms. The second kappa shape index (κ2) is 12.2. The lowest BCUT2D eigenvalue weighted by atomic mass is 10.0. The molecule has 9 nitrogen and oxygen atoms in total. The first-order valence-electron chi connectivity index (χ1n) is 14.5. The first-order valence-corrected chi connectivity index (χ1v) is 14.5. The fraction of sp³-hybridized carbons (Fsp3) is 0. The minimum absolute atomic E-state index is 0.00523. The van der Waals surface area contributed by atoms with Crippen molar-refractivity contribution in [3.05, 3.63) is 126 Å². The van der Waals surface area contributed by atoms with Gasteiger partial charge in [0, 0.05) is 82.0 Å². The van der Waals surface area contributed by atoms with E-state index in [0.717, 1.165) is 24.3 Å². The molecule has 5 aromatic heterocycles. The van der Waals surface area contributed by atoms with Crippen molar-refractivity contribution in [2.45, 2.75) is 0 Å². The number of benzene rings is 2. The molecule has 0 N–H and O–H groups in total. The summed E-state index contributed by atoms with van der Waals surface area (Å²) in [5, 5.41) is 40.9. The second-order valence-corrected chi connectivity index (χ2v) is 10.7. The SMILES string of the molecule is N#CC(C#N)=c1c(-c2ccncc2)cn2c(-c3ccc(F)cc3F)c3c(=C(C#N)C#N)c(-c4cnccn4)cn3c(-c3ccc(F)cc3F)c12. The van der Waals surface area contributed by atoms with Crippen LogP contribution in [0, 0.1) is 68.6 Å². The largest absolute Gasteiger partial charge is 0.311 e. The Hall–Kier alpha value is -7.61. The Bertz CT molecular complexity index is 2620. The van der Waals surface area contributed by atoms with Crippen molar-refractivity contribution in [1.29, 1.82) is 21.0 Å². The number of nitrogens with zero attached hydrogens (tertiary/aromatic N) is 9. The molecule has 5 heterocycles. The summed E-state index contributed by atoms with van der Waals surface area (Å²) in [6.45, 7) is 0. The molecule has 0 aliphatic heterocycles. The Morgan fingerprint density at radius 3 is 1.52 bits per heavy atom. The van der Waals surface area contributed by atoms with Crippen molar-refractivity contribution in [2.24, 2.45) is 0 Å². The molecule has 0 aliphatic carbocycles. The van der Waals surface area contributed by atoms with E-state index in [4.69, 9.17) is 0 Å². The van der Waals surface area contributed by atoms with Crippen molar-refractivity contribution >= 4 is 22.2 Å².